The van der Waals surface area contributed by atoms with Crippen LogP contribution in [0.25, 0.3) is 0 Å². The second kappa shape index (κ2) is 6.98. The zero-order valence-corrected chi connectivity index (χ0v) is 13.1. The highest BCUT2D eigenvalue weighted by Gasteiger charge is 2.16. The zero-order chi connectivity index (χ0) is 15.4. The van der Waals surface area contributed by atoms with Crippen LogP contribution < -0.4 is 5.32 Å². The predicted molar refractivity (Wildman–Crippen MR) is 82.8 cm³/mol. The Morgan fingerprint density at radius 2 is 2.05 bits per heavy atom. The fourth-order valence-electron chi connectivity index (χ4n) is 1.89. The summed E-state index contributed by atoms with van der Waals surface area (Å²) in [5.74, 6) is -0.334. The van der Waals surface area contributed by atoms with Gasteiger partial charge in [-0.15, -0.1) is 0 Å². The van der Waals surface area contributed by atoms with Crippen LogP contribution in [0.1, 0.15) is 11.1 Å². The van der Waals surface area contributed by atoms with Crippen LogP contribution in [0.3, 0.4) is 0 Å². The molecule has 4 nitrogen and oxygen atoms in total. The molecule has 21 heavy (non-hydrogen) atoms. The van der Waals surface area contributed by atoms with Crippen LogP contribution in [0.15, 0.2) is 40.9 Å². The summed E-state index contributed by atoms with van der Waals surface area (Å²) in [6.45, 7) is 0.426. The number of nitro groups is 1. The van der Waals surface area contributed by atoms with E-state index >= 15 is 0 Å². The fraction of sp³-hybridized carbons (Fsp3) is 0.143. The molecule has 2 aromatic rings. The average Bonchev–Trinajstić information content (AvgIpc) is 2.44. The standard InChI is InChI=1S/C14H11BrClFN2O2/c15-10-4-5-13(17)9(6-10)7-18-8-11-12(16)2-1-3-14(11)19(20)21/h1-6,18H,7-8H2. The van der Waals surface area contributed by atoms with Crippen molar-refractivity contribution >= 4 is 33.2 Å². The second-order valence-corrected chi connectivity index (χ2v) is 5.66. The molecule has 0 saturated heterocycles. The molecule has 1 N–H and O–H groups in total. The summed E-state index contributed by atoms with van der Waals surface area (Å²) in [7, 11) is 0. The van der Waals surface area contributed by atoms with E-state index in [1.54, 1.807) is 18.2 Å². The summed E-state index contributed by atoms with van der Waals surface area (Å²) in [6.07, 6.45) is 0. The first-order valence-corrected chi connectivity index (χ1v) is 7.22. The lowest BCUT2D eigenvalue weighted by atomic mass is 10.1. The highest BCUT2D eigenvalue weighted by atomic mass is 79.9. The van der Waals surface area contributed by atoms with E-state index in [9.17, 15) is 14.5 Å². The summed E-state index contributed by atoms with van der Waals surface area (Å²) >= 11 is 9.26. The molecule has 0 fully saturated rings. The van der Waals surface area contributed by atoms with Gasteiger partial charge in [0, 0.05) is 29.2 Å². The van der Waals surface area contributed by atoms with Gasteiger partial charge in [-0.05, 0) is 24.3 Å². The van der Waals surface area contributed by atoms with Crippen LogP contribution in [0.2, 0.25) is 5.02 Å². The molecule has 0 bridgehead atoms. The quantitative estimate of drug-likeness (QED) is 0.623. The monoisotopic (exact) mass is 372 g/mol. The summed E-state index contributed by atoms with van der Waals surface area (Å²) in [5, 5.41) is 14.2. The predicted octanol–water partition coefficient (Wildman–Crippen LogP) is 4.44. The molecule has 0 aliphatic rings. The van der Waals surface area contributed by atoms with Gasteiger partial charge in [-0.1, -0.05) is 33.6 Å². The van der Waals surface area contributed by atoms with E-state index in [-0.39, 0.29) is 24.6 Å². The van der Waals surface area contributed by atoms with Crippen molar-refractivity contribution < 1.29 is 9.31 Å². The van der Waals surface area contributed by atoms with E-state index in [2.05, 4.69) is 21.2 Å². The van der Waals surface area contributed by atoms with Crippen molar-refractivity contribution in [3.05, 3.63) is 73.0 Å². The first-order chi connectivity index (χ1) is 9.99. The lowest BCUT2D eigenvalue weighted by molar-refractivity contribution is -0.385. The Morgan fingerprint density at radius 1 is 1.29 bits per heavy atom. The van der Waals surface area contributed by atoms with Crippen LogP contribution in [0.4, 0.5) is 10.1 Å². The number of nitrogens with zero attached hydrogens (tertiary/aromatic N) is 1. The van der Waals surface area contributed by atoms with E-state index in [0.717, 1.165) is 4.47 Å². The molecule has 0 spiro atoms. The molecule has 0 aliphatic carbocycles. The van der Waals surface area contributed by atoms with Crippen LogP contribution >= 0.6 is 27.5 Å². The van der Waals surface area contributed by atoms with Gasteiger partial charge in [0.1, 0.15) is 5.82 Å². The Kier molecular flexibility index (Phi) is 5.27. The fourth-order valence-corrected chi connectivity index (χ4v) is 2.54. The third kappa shape index (κ3) is 4.00. The molecule has 0 saturated carbocycles. The largest absolute Gasteiger partial charge is 0.308 e. The van der Waals surface area contributed by atoms with Gasteiger partial charge in [0.15, 0.2) is 0 Å². The zero-order valence-electron chi connectivity index (χ0n) is 10.8. The number of halogens is 3. The smallest absolute Gasteiger partial charge is 0.275 e. The van der Waals surface area contributed by atoms with Crippen LogP contribution in [-0.4, -0.2) is 4.92 Å². The molecule has 0 aromatic heterocycles. The van der Waals surface area contributed by atoms with Gasteiger partial charge in [0.05, 0.1) is 15.5 Å². The molecule has 0 unspecified atom stereocenters. The second-order valence-electron chi connectivity index (χ2n) is 4.33. The molecule has 2 rings (SSSR count). The Labute approximate surface area is 134 Å². The number of hydrogen-bond acceptors (Lipinski definition) is 3. The molecular weight excluding hydrogens is 363 g/mol. The number of hydrogen-bond donors (Lipinski definition) is 1. The Bertz CT molecular complexity index is 682. The number of nitro benzene ring substituents is 1. The molecule has 2 aromatic carbocycles. The molecule has 0 aliphatic heterocycles. The molecule has 0 heterocycles. The highest BCUT2D eigenvalue weighted by Crippen LogP contribution is 2.26. The molecule has 0 radical (unpaired) electrons. The van der Waals surface area contributed by atoms with E-state index in [1.807, 2.05) is 0 Å². The molecule has 0 amide bonds. The van der Waals surface area contributed by atoms with Gasteiger partial charge in [-0.2, -0.15) is 0 Å². The summed E-state index contributed by atoms with van der Waals surface area (Å²) < 4.78 is 14.4. The number of nitrogens with one attached hydrogen (secondary N) is 1. The minimum absolute atomic E-state index is 0.0512. The number of rotatable bonds is 5. The molecular formula is C14H11BrClFN2O2. The third-order valence-corrected chi connectivity index (χ3v) is 3.76. The van der Waals surface area contributed by atoms with Crippen molar-refractivity contribution in [2.24, 2.45) is 0 Å². The van der Waals surface area contributed by atoms with Crippen molar-refractivity contribution in [1.82, 2.24) is 5.32 Å². The van der Waals surface area contributed by atoms with Gasteiger partial charge in [-0.3, -0.25) is 10.1 Å². The Hall–Kier alpha value is -1.50. The first-order valence-electron chi connectivity index (χ1n) is 6.05. The molecule has 110 valence electrons. The van der Waals surface area contributed by atoms with Crippen molar-refractivity contribution in [2.75, 3.05) is 0 Å². The molecule has 7 heteroatoms. The van der Waals surface area contributed by atoms with Gasteiger partial charge < -0.3 is 5.32 Å². The maximum Gasteiger partial charge on any atom is 0.275 e. The van der Waals surface area contributed by atoms with Gasteiger partial charge in [0.25, 0.3) is 5.69 Å². The van der Waals surface area contributed by atoms with Crippen molar-refractivity contribution in [2.45, 2.75) is 13.1 Å². The lowest BCUT2D eigenvalue weighted by Gasteiger charge is -2.08. The average molecular weight is 374 g/mol. The van der Waals surface area contributed by atoms with Crippen LogP contribution in [0.5, 0.6) is 0 Å². The van der Waals surface area contributed by atoms with Crippen molar-refractivity contribution in [1.29, 1.82) is 0 Å². The van der Waals surface area contributed by atoms with Gasteiger partial charge in [0.2, 0.25) is 0 Å². The SMILES string of the molecule is O=[N+]([O-])c1cccc(Cl)c1CNCc1cc(Br)ccc1F. The third-order valence-electron chi connectivity index (χ3n) is 2.92. The van der Waals surface area contributed by atoms with E-state index in [4.69, 9.17) is 11.6 Å². The van der Waals surface area contributed by atoms with E-state index in [1.165, 1.54) is 18.2 Å². The van der Waals surface area contributed by atoms with Crippen molar-refractivity contribution in [3.8, 4) is 0 Å². The topological polar surface area (TPSA) is 55.2 Å². The number of benzene rings is 2. The first kappa shape index (κ1) is 15.9. The Balaban J connectivity index is 2.10. The minimum atomic E-state index is -0.484. The lowest BCUT2D eigenvalue weighted by Crippen LogP contribution is -2.15. The van der Waals surface area contributed by atoms with Gasteiger partial charge >= 0.3 is 0 Å². The highest BCUT2D eigenvalue weighted by molar-refractivity contribution is 9.10. The maximum atomic E-state index is 13.6. The van der Waals surface area contributed by atoms with Crippen molar-refractivity contribution in [3.63, 3.8) is 0 Å². The summed E-state index contributed by atoms with van der Waals surface area (Å²) in [4.78, 5) is 10.5. The summed E-state index contributed by atoms with van der Waals surface area (Å²) in [6, 6.07) is 9.13. The van der Waals surface area contributed by atoms with Crippen LogP contribution in [-0.2, 0) is 13.1 Å². The van der Waals surface area contributed by atoms with Crippen LogP contribution in [0, 0.1) is 15.9 Å². The maximum absolute atomic E-state index is 13.6. The molecule has 0 atom stereocenters. The Morgan fingerprint density at radius 3 is 2.76 bits per heavy atom. The minimum Gasteiger partial charge on any atom is -0.308 e. The van der Waals surface area contributed by atoms with E-state index in [0.29, 0.717) is 16.1 Å². The van der Waals surface area contributed by atoms with E-state index < -0.39 is 4.92 Å². The van der Waals surface area contributed by atoms with Gasteiger partial charge in [-0.25, -0.2) is 4.39 Å². The summed E-state index contributed by atoms with van der Waals surface area (Å²) in [5.41, 5.74) is 0.809. The normalized spacial score (nSPS) is 10.6.